The van der Waals surface area contributed by atoms with Crippen molar-refractivity contribution in [3.63, 3.8) is 0 Å². The number of rotatable bonds is 8. The van der Waals surface area contributed by atoms with Gasteiger partial charge >= 0.3 is 5.97 Å². The number of nitrogens with two attached hydrogens (primary N) is 1. The molecule has 0 saturated carbocycles. The van der Waals surface area contributed by atoms with E-state index in [2.05, 4.69) is 65.0 Å². The number of nitrogens with zero attached hydrogens (tertiary/aromatic N) is 2. The van der Waals surface area contributed by atoms with Crippen LogP contribution >= 0.6 is 0 Å². The molecular formula is C27H27N3O2. The lowest BCUT2D eigenvalue weighted by atomic mass is 9.76. The highest BCUT2D eigenvalue weighted by Gasteiger charge is 2.39. The molecule has 0 aliphatic carbocycles. The summed E-state index contributed by atoms with van der Waals surface area (Å²) in [6.45, 7) is 2.08. The molecular weight excluding hydrogens is 398 g/mol. The van der Waals surface area contributed by atoms with E-state index in [1.54, 1.807) is 0 Å². The topological polar surface area (TPSA) is 81.1 Å². The third kappa shape index (κ3) is 3.95. The van der Waals surface area contributed by atoms with Gasteiger partial charge in [-0.2, -0.15) is 0 Å². The molecule has 1 heterocycles. The van der Waals surface area contributed by atoms with Crippen LogP contribution < -0.4 is 5.73 Å². The maximum absolute atomic E-state index is 11.3. The summed E-state index contributed by atoms with van der Waals surface area (Å²) < 4.78 is 2.16. The van der Waals surface area contributed by atoms with Crippen molar-refractivity contribution < 1.29 is 9.90 Å². The summed E-state index contributed by atoms with van der Waals surface area (Å²) in [6.07, 6.45) is 4.47. The standard InChI is InChI=1S/C27H27N3O2/c1-20-12-14-23(15-13-20)27(21-8-4-2-5-9-21,22-10-6-3-7-11-22)30-19-29-18-24(30)16-17-25(28)26(31)32/h2-15,18-19,25H,16-17,28H2,1H3,(H,31,32). The van der Waals surface area contributed by atoms with Crippen LogP contribution in [0.15, 0.2) is 97.5 Å². The molecule has 0 spiro atoms. The van der Waals surface area contributed by atoms with Gasteiger partial charge in [-0.05, 0) is 36.5 Å². The van der Waals surface area contributed by atoms with E-state index in [0.717, 1.165) is 22.4 Å². The number of aromatic nitrogens is 2. The molecule has 162 valence electrons. The number of carbonyl (C=O) groups is 1. The Morgan fingerprint density at radius 2 is 1.47 bits per heavy atom. The molecule has 1 aromatic heterocycles. The quantitative estimate of drug-likeness (QED) is 0.411. The summed E-state index contributed by atoms with van der Waals surface area (Å²) in [6, 6.07) is 28.3. The van der Waals surface area contributed by atoms with Gasteiger partial charge in [0, 0.05) is 11.9 Å². The van der Waals surface area contributed by atoms with Crippen molar-refractivity contribution in [2.75, 3.05) is 0 Å². The van der Waals surface area contributed by atoms with Gasteiger partial charge < -0.3 is 15.4 Å². The number of aryl methyl sites for hydroxylation is 2. The normalized spacial score (nSPS) is 12.4. The van der Waals surface area contributed by atoms with E-state index in [1.807, 2.05) is 48.9 Å². The summed E-state index contributed by atoms with van der Waals surface area (Å²) in [5.41, 5.74) is 10.5. The van der Waals surface area contributed by atoms with Gasteiger partial charge in [0.05, 0.1) is 6.33 Å². The highest BCUT2D eigenvalue weighted by Crippen LogP contribution is 2.41. The van der Waals surface area contributed by atoms with Crippen molar-refractivity contribution in [2.45, 2.75) is 31.3 Å². The molecule has 0 radical (unpaired) electrons. The van der Waals surface area contributed by atoms with E-state index in [0.29, 0.717) is 12.8 Å². The zero-order chi connectivity index (χ0) is 22.6. The van der Waals surface area contributed by atoms with E-state index in [-0.39, 0.29) is 0 Å². The largest absolute Gasteiger partial charge is 0.480 e. The second-order valence-corrected chi connectivity index (χ2v) is 8.05. The maximum Gasteiger partial charge on any atom is 0.320 e. The molecule has 0 fully saturated rings. The van der Waals surface area contributed by atoms with E-state index < -0.39 is 17.6 Å². The first-order chi connectivity index (χ1) is 15.5. The molecule has 32 heavy (non-hydrogen) atoms. The number of carboxylic acids is 1. The zero-order valence-corrected chi connectivity index (χ0v) is 18.1. The van der Waals surface area contributed by atoms with Gasteiger partial charge in [0.1, 0.15) is 11.6 Å². The lowest BCUT2D eigenvalue weighted by Gasteiger charge is -2.38. The van der Waals surface area contributed by atoms with Crippen LogP contribution in [0.3, 0.4) is 0 Å². The molecule has 5 nitrogen and oxygen atoms in total. The summed E-state index contributed by atoms with van der Waals surface area (Å²) >= 11 is 0. The Labute approximate surface area is 188 Å². The van der Waals surface area contributed by atoms with Gasteiger partial charge in [-0.3, -0.25) is 4.79 Å². The first-order valence-electron chi connectivity index (χ1n) is 10.7. The fraction of sp³-hybridized carbons (Fsp3) is 0.185. The van der Waals surface area contributed by atoms with E-state index >= 15 is 0 Å². The van der Waals surface area contributed by atoms with Gasteiger partial charge in [0.25, 0.3) is 0 Å². The monoisotopic (exact) mass is 425 g/mol. The molecule has 0 aliphatic heterocycles. The average molecular weight is 426 g/mol. The minimum atomic E-state index is -0.994. The third-order valence-electron chi connectivity index (χ3n) is 5.96. The SMILES string of the molecule is Cc1ccc(C(c2ccccc2)(c2ccccc2)n2cncc2CCC(N)C(=O)O)cc1. The van der Waals surface area contributed by atoms with Crippen LogP contribution in [0.4, 0.5) is 0 Å². The summed E-state index contributed by atoms with van der Waals surface area (Å²) in [5, 5.41) is 9.25. The molecule has 4 aromatic rings. The predicted octanol–water partition coefficient (Wildman–Crippen LogP) is 4.38. The molecule has 3 aromatic carbocycles. The minimum Gasteiger partial charge on any atom is -0.480 e. The van der Waals surface area contributed by atoms with E-state index in [9.17, 15) is 9.90 Å². The van der Waals surface area contributed by atoms with Crippen LogP contribution in [-0.2, 0) is 16.8 Å². The van der Waals surface area contributed by atoms with Crippen LogP contribution in [-0.4, -0.2) is 26.7 Å². The maximum atomic E-state index is 11.3. The van der Waals surface area contributed by atoms with Crippen molar-refractivity contribution in [3.05, 3.63) is 125 Å². The Hall–Kier alpha value is -3.70. The lowest BCUT2D eigenvalue weighted by Crippen LogP contribution is -2.39. The first-order valence-corrected chi connectivity index (χ1v) is 10.7. The van der Waals surface area contributed by atoms with Crippen LogP contribution in [0.5, 0.6) is 0 Å². The fourth-order valence-electron chi connectivity index (χ4n) is 4.31. The Morgan fingerprint density at radius 1 is 0.938 bits per heavy atom. The zero-order valence-electron chi connectivity index (χ0n) is 18.1. The molecule has 3 N–H and O–H groups in total. The van der Waals surface area contributed by atoms with Crippen LogP contribution in [0.25, 0.3) is 0 Å². The number of imidazole rings is 1. The van der Waals surface area contributed by atoms with E-state index in [1.165, 1.54) is 5.56 Å². The lowest BCUT2D eigenvalue weighted by molar-refractivity contribution is -0.138. The molecule has 0 saturated heterocycles. The third-order valence-corrected chi connectivity index (χ3v) is 5.96. The molecule has 1 atom stereocenters. The second-order valence-electron chi connectivity index (χ2n) is 8.05. The minimum absolute atomic E-state index is 0.328. The summed E-state index contributed by atoms with van der Waals surface area (Å²) in [7, 11) is 0. The van der Waals surface area contributed by atoms with Crippen LogP contribution in [0.2, 0.25) is 0 Å². The van der Waals surface area contributed by atoms with Gasteiger partial charge in [0.2, 0.25) is 0 Å². The van der Waals surface area contributed by atoms with Gasteiger partial charge in [-0.15, -0.1) is 0 Å². The summed E-state index contributed by atoms with van der Waals surface area (Å²) in [4.78, 5) is 15.8. The molecule has 5 heteroatoms. The Kier molecular flexibility index (Phi) is 6.19. The Morgan fingerprint density at radius 3 is 2.00 bits per heavy atom. The molecule has 1 unspecified atom stereocenters. The fourth-order valence-corrected chi connectivity index (χ4v) is 4.31. The number of benzene rings is 3. The van der Waals surface area contributed by atoms with Gasteiger partial charge in [-0.1, -0.05) is 90.5 Å². The second kappa shape index (κ2) is 9.20. The number of aliphatic carboxylic acids is 1. The predicted molar refractivity (Wildman–Crippen MR) is 126 cm³/mol. The molecule has 0 amide bonds. The highest BCUT2D eigenvalue weighted by atomic mass is 16.4. The number of hydrogen-bond acceptors (Lipinski definition) is 3. The highest BCUT2D eigenvalue weighted by molar-refractivity contribution is 5.73. The van der Waals surface area contributed by atoms with Crippen LogP contribution in [0, 0.1) is 6.92 Å². The van der Waals surface area contributed by atoms with Crippen molar-refractivity contribution in [3.8, 4) is 0 Å². The van der Waals surface area contributed by atoms with Crippen molar-refractivity contribution in [2.24, 2.45) is 5.73 Å². The van der Waals surface area contributed by atoms with Crippen molar-refractivity contribution in [1.82, 2.24) is 9.55 Å². The van der Waals surface area contributed by atoms with Gasteiger partial charge in [-0.25, -0.2) is 4.98 Å². The van der Waals surface area contributed by atoms with Crippen molar-refractivity contribution in [1.29, 1.82) is 0 Å². The summed E-state index contributed by atoms with van der Waals surface area (Å²) in [5.74, 6) is -0.994. The van der Waals surface area contributed by atoms with E-state index in [4.69, 9.17) is 5.73 Å². The number of hydrogen-bond donors (Lipinski definition) is 2. The first kappa shape index (κ1) is 21.5. The smallest absolute Gasteiger partial charge is 0.320 e. The average Bonchev–Trinajstić information content (AvgIpc) is 3.29. The van der Waals surface area contributed by atoms with Crippen LogP contribution in [0.1, 0.15) is 34.4 Å². The molecule has 0 aliphatic rings. The van der Waals surface area contributed by atoms with Gasteiger partial charge in [0.15, 0.2) is 0 Å². The molecule has 4 rings (SSSR count). The Balaban J connectivity index is 1.98. The number of carboxylic acid groups (broad SMARTS) is 1. The molecule has 0 bridgehead atoms. The Bertz CT molecular complexity index is 1130. The van der Waals surface area contributed by atoms with Crippen molar-refractivity contribution >= 4 is 5.97 Å².